The molecule has 0 amide bonds. The van der Waals surface area contributed by atoms with Crippen LogP contribution < -0.4 is 0 Å². The van der Waals surface area contributed by atoms with Crippen LogP contribution in [0.15, 0.2) is 22.8 Å². The monoisotopic (exact) mass is 391 g/mol. The fraction of sp³-hybridized carbons (Fsp3) is 0.524. The zero-order valence-electron chi connectivity index (χ0n) is 16.8. The largest absolute Gasteiger partial charge is 0.507 e. The minimum atomic E-state index is -0.196. The van der Waals surface area contributed by atoms with E-state index in [1.807, 2.05) is 18.2 Å². The molecule has 0 saturated carbocycles. The van der Waals surface area contributed by atoms with Crippen LogP contribution in [0.3, 0.4) is 0 Å². The second-order valence-corrected chi connectivity index (χ2v) is 10.9. The number of hydrogen-bond acceptors (Lipinski definition) is 5. The molecule has 0 aliphatic carbocycles. The van der Waals surface area contributed by atoms with E-state index in [9.17, 15) is 9.90 Å². The van der Waals surface area contributed by atoms with Gasteiger partial charge < -0.3 is 5.11 Å². The highest BCUT2D eigenvalue weighted by atomic mass is 32.2. The van der Waals surface area contributed by atoms with Crippen LogP contribution in [-0.4, -0.2) is 20.4 Å². The molecule has 0 unspecified atom stereocenters. The van der Waals surface area contributed by atoms with E-state index in [0.717, 1.165) is 33.2 Å². The molecule has 1 aromatic rings. The Balaban J connectivity index is 2.53. The Kier molecular flexibility index (Phi) is 6.34. The number of rotatable bonds is 3. The second-order valence-electron chi connectivity index (χ2n) is 8.61. The Morgan fingerprint density at radius 3 is 2.12 bits per heavy atom. The summed E-state index contributed by atoms with van der Waals surface area (Å²) in [6.45, 7) is 14.6. The molecule has 3 nitrogen and oxygen atoms in total. The van der Waals surface area contributed by atoms with E-state index in [0.29, 0.717) is 11.4 Å². The van der Waals surface area contributed by atoms with Crippen molar-refractivity contribution in [1.29, 1.82) is 0 Å². The van der Waals surface area contributed by atoms with Crippen LogP contribution in [0.4, 0.5) is 0 Å². The van der Waals surface area contributed by atoms with Gasteiger partial charge in [-0.2, -0.15) is 0 Å². The highest BCUT2D eigenvalue weighted by Gasteiger charge is 2.27. The van der Waals surface area contributed by atoms with Crippen molar-refractivity contribution >= 4 is 39.1 Å². The Hall–Kier alpha value is -1.20. The van der Waals surface area contributed by atoms with Gasteiger partial charge in [0, 0.05) is 11.1 Å². The molecular weight excluding hydrogens is 362 g/mol. The van der Waals surface area contributed by atoms with Crippen LogP contribution in [0, 0.1) is 0 Å². The topological polar surface area (TPSA) is 49.7 Å². The van der Waals surface area contributed by atoms with Gasteiger partial charge in [0.1, 0.15) is 15.8 Å². The van der Waals surface area contributed by atoms with Gasteiger partial charge in [-0.1, -0.05) is 60.2 Å². The number of carbonyl (C=O) groups excluding carboxylic acids is 1. The Bertz CT molecular complexity index is 730. The van der Waals surface area contributed by atoms with Gasteiger partial charge in [0.2, 0.25) is 5.12 Å². The van der Waals surface area contributed by atoms with Crippen molar-refractivity contribution in [2.75, 3.05) is 5.75 Å². The first-order valence-electron chi connectivity index (χ1n) is 8.97. The van der Waals surface area contributed by atoms with E-state index >= 15 is 0 Å². The molecule has 2 rings (SSSR count). The lowest BCUT2D eigenvalue weighted by atomic mass is 9.78. The third kappa shape index (κ3) is 4.95. The summed E-state index contributed by atoms with van der Waals surface area (Å²) in [4.78, 5) is 16.8. The molecule has 1 aromatic carbocycles. The number of nitrogens with zero attached hydrogens (tertiary/aromatic N) is 1. The van der Waals surface area contributed by atoms with Gasteiger partial charge in [-0.25, -0.2) is 4.99 Å². The molecule has 5 heteroatoms. The van der Waals surface area contributed by atoms with Gasteiger partial charge >= 0.3 is 0 Å². The predicted molar refractivity (Wildman–Crippen MR) is 116 cm³/mol. The lowest BCUT2D eigenvalue weighted by Gasteiger charge is -2.27. The Morgan fingerprint density at radius 2 is 1.65 bits per heavy atom. The van der Waals surface area contributed by atoms with E-state index in [1.165, 1.54) is 11.8 Å². The first-order valence-corrected chi connectivity index (χ1v) is 10.8. The Labute approximate surface area is 165 Å². The summed E-state index contributed by atoms with van der Waals surface area (Å²) in [7, 11) is 0. The van der Waals surface area contributed by atoms with Gasteiger partial charge in [-0.15, -0.1) is 0 Å². The van der Waals surface area contributed by atoms with Crippen molar-refractivity contribution in [2.45, 2.75) is 65.7 Å². The molecule has 0 saturated heterocycles. The summed E-state index contributed by atoms with van der Waals surface area (Å²) in [5.41, 5.74) is 2.78. The van der Waals surface area contributed by atoms with Crippen LogP contribution in [0.25, 0.3) is 6.08 Å². The maximum absolute atomic E-state index is 12.3. The van der Waals surface area contributed by atoms with E-state index < -0.39 is 0 Å². The first-order chi connectivity index (χ1) is 11.9. The van der Waals surface area contributed by atoms with Crippen molar-refractivity contribution in [3.8, 4) is 5.75 Å². The number of benzene rings is 1. The van der Waals surface area contributed by atoms with Gasteiger partial charge in [-0.3, -0.25) is 4.79 Å². The van der Waals surface area contributed by atoms with E-state index in [4.69, 9.17) is 0 Å². The van der Waals surface area contributed by atoms with Crippen LogP contribution in [0.1, 0.15) is 71.6 Å². The van der Waals surface area contributed by atoms with Gasteiger partial charge in [0.25, 0.3) is 0 Å². The number of carbonyl (C=O) groups is 1. The number of hydrogen-bond donors (Lipinski definition) is 1. The predicted octanol–water partition coefficient (Wildman–Crippen LogP) is 6.10. The average molecular weight is 392 g/mol. The standard InChI is InChI=1S/C21H29NO2S2/c1-8-9-25-19-22-16(18(24)26-19)12-13-10-14(20(2,3)4)17(23)15(11-13)21(5,6)7/h10-12,23H,8-9H2,1-7H3/b16-12+. The number of aromatic hydroxyl groups is 1. The van der Waals surface area contributed by atoms with Gasteiger partial charge in [-0.05, 0) is 58.5 Å². The van der Waals surface area contributed by atoms with Crippen LogP contribution >= 0.6 is 23.5 Å². The van der Waals surface area contributed by atoms with Crippen LogP contribution in [0.5, 0.6) is 5.75 Å². The molecule has 0 bridgehead atoms. The fourth-order valence-corrected chi connectivity index (χ4v) is 4.45. The zero-order chi connectivity index (χ0) is 19.7. The molecule has 0 radical (unpaired) electrons. The van der Waals surface area contributed by atoms with Gasteiger partial charge in [0.15, 0.2) is 0 Å². The number of phenols is 1. The van der Waals surface area contributed by atoms with E-state index in [1.54, 1.807) is 11.8 Å². The van der Waals surface area contributed by atoms with Crippen molar-refractivity contribution < 1.29 is 9.90 Å². The molecule has 0 atom stereocenters. The quantitative estimate of drug-likeness (QED) is 0.632. The van der Waals surface area contributed by atoms with Crippen molar-refractivity contribution in [3.63, 3.8) is 0 Å². The lowest BCUT2D eigenvalue weighted by molar-refractivity contribution is -0.107. The molecule has 0 aromatic heterocycles. The summed E-state index contributed by atoms with van der Waals surface area (Å²) in [5, 5.41) is 10.8. The molecular formula is C21H29NO2S2. The lowest BCUT2D eigenvalue weighted by Crippen LogP contribution is -2.17. The molecule has 1 aliphatic rings. The molecule has 142 valence electrons. The summed E-state index contributed by atoms with van der Waals surface area (Å²) in [6.07, 6.45) is 2.90. The third-order valence-corrected chi connectivity index (χ3v) is 6.30. The maximum atomic E-state index is 12.3. The smallest absolute Gasteiger partial charge is 0.244 e. The molecule has 26 heavy (non-hydrogen) atoms. The maximum Gasteiger partial charge on any atom is 0.244 e. The normalized spacial score (nSPS) is 17.1. The summed E-state index contributed by atoms with van der Waals surface area (Å²) >= 11 is 2.84. The SMILES string of the molecule is CCCSC1=N/C(=C/c2cc(C(C)(C)C)c(O)c(C(C)(C)C)c2)C(=O)S1. The highest BCUT2D eigenvalue weighted by Crippen LogP contribution is 2.40. The van der Waals surface area contributed by atoms with E-state index in [-0.39, 0.29) is 15.9 Å². The molecule has 0 spiro atoms. The van der Waals surface area contributed by atoms with Crippen molar-refractivity contribution in [1.82, 2.24) is 0 Å². The van der Waals surface area contributed by atoms with Crippen molar-refractivity contribution in [2.24, 2.45) is 4.99 Å². The van der Waals surface area contributed by atoms with Crippen LogP contribution in [-0.2, 0) is 15.6 Å². The highest BCUT2D eigenvalue weighted by molar-refractivity contribution is 8.45. The van der Waals surface area contributed by atoms with Crippen LogP contribution in [0.2, 0.25) is 0 Å². The first kappa shape index (κ1) is 21.1. The molecule has 1 heterocycles. The number of phenolic OH excluding ortho intramolecular Hbond substituents is 1. The summed E-state index contributed by atoms with van der Waals surface area (Å²) < 4.78 is 0.828. The average Bonchev–Trinajstić information content (AvgIpc) is 2.84. The summed E-state index contributed by atoms with van der Waals surface area (Å²) in [6, 6.07) is 3.95. The molecule has 1 N–H and O–H groups in total. The summed E-state index contributed by atoms with van der Waals surface area (Å²) in [5.74, 6) is 1.32. The zero-order valence-corrected chi connectivity index (χ0v) is 18.4. The fourth-order valence-electron chi connectivity index (χ4n) is 2.68. The Morgan fingerprint density at radius 1 is 1.12 bits per heavy atom. The number of aliphatic imine (C=N–C) groups is 1. The minimum absolute atomic E-state index is 0.00806. The molecule has 0 fully saturated rings. The minimum Gasteiger partial charge on any atom is -0.507 e. The van der Waals surface area contributed by atoms with Gasteiger partial charge in [0.05, 0.1) is 0 Å². The van der Waals surface area contributed by atoms with E-state index in [2.05, 4.69) is 53.5 Å². The number of thioether (sulfide) groups is 2. The third-order valence-electron chi connectivity index (χ3n) is 4.08. The second kappa shape index (κ2) is 7.81. The van der Waals surface area contributed by atoms with Crippen molar-refractivity contribution in [3.05, 3.63) is 34.5 Å². The molecule has 1 aliphatic heterocycles.